The normalized spacial score (nSPS) is 27.7. The van der Waals surface area contributed by atoms with Gasteiger partial charge >= 0.3 is 0 Å². The Labute approximate surface area is 184 Å². The maximum absolute atomic E-state index is 8.53. The van der Waals surface area contributed by atoms with E-state index in [-0.39, 0.29) is 0 Å². The van der Waals surface area contributed by atoms with Gasteiger partial charge in [0.1, 0.15) is 0 Å². The van der Waals surface area contributed by atoms with Gasteiger partial charge in [0.05, 0.1) is 6.07 Å². The molecule has 1 aromatic carbocycles. The van der Waals surface area contributed by atoms with E-state index in [0.717, 1.165) is 17.8 Å². The Balaban J connectivity index is 1.38. The Kier molecular flexibility index (Phi) is 9.49. The molecule has 30 heavy (non-hydrogen) atoms. The third-order valence-electron chi connectivity index (χ3n) is 7.18. The quantitative estimate of drug-likeness (QED) is 0.244. The van der Waals surface area contributed by atoms with E-state index in [1.807, 2.05) is 18.2 Å². The van der Waals surface area contributed by atoms with Crippen molar-refractivity contribution < 1.29 is 0 Å². The smallest absolute Gasteiger partial charge is 0.0912 e. The summed E-state index contributed by atoms with van der Waals surface area (Å²) in [5.74, 6) is 3.03. The van der Waals surface area contributed by atoms with Crippen LogP contribution < -0.4 is 0 Å². The number of nitrogens with zero attached hydrogens (tertiary/aromatic N) is 1. The number of nitriles is 1. The number of allylic oxidation sites excluding steroid dienone is 6. The van der Waals surface area contributed by atoms with E-state index < -0.39 is 0 Å². The Morgan fingerprint density at radius 1 is 0.800 bits per heavy atom. The van der Waals surface area contributed by atoms with E-state index in [9.17, 15) is 0 Å². The van der Waals surface area contributed by atoms with Crippen LogP contribution in [0.5, 0.6) is 0 Å². The van der Waals surface area contributed by atoms with E-state index in [0.29, 0.717) is 5.92 Å². The minimum Gasteiger partial charge on any atom is -0.193 e. The van der Waals surface area contributed by atoms with Crippen molar-refractivity contribution in [3.63, 3.8) is 0 Å². The first-order valence-corrected chi connectivity index (χ1v) is 12.3. The van der Waals surface area contributed by atoms with Crippen LogP contribution in [0.3, 0.4) is 0 Å². The highest BCUT2D eigenvalue weighted by Gasteiger charge is 2.22. The van der Waals surface area contributed by atoms with Crippen molar-refractivity contribution in [2.45, 2.75) is 83.5 Å². The Hall–Kier alpha value is -2.07. The molecule has 2 fully saturated rings. The van der Waals surface area contributed by atoms with Crippen molar-refractivity contribution in [2.24, 2.45) is 17.8 Å². The topological polar surface area (TPSA) is 23.8 Å². The molecule has 0 bridgehead atoms. The van der Waals surface area contributed by atoms with E-state index in [4.69, 9.17) is 5.26 Å². The van der Waals surface area contributed by atoms with Gasteiger partial charge in [-0.3, -0.25) is 0 Å². The summed E-state index contributed by atoms with van der Waals surface area (Å²) in [6.45, 7) is 2.27. The van der Waals surface area contributed by atoms with Crippen LogP contribution >= 0.6 is 0 Å². The molecule has 2 aliphatic carbocycles. The molecule has 2 aliphatic rings. The SMILES string of the molecule is CCCCc1ccc([C@H]2CC[C@H](C=C[C@H]3CC[C@H](C=CC=CC#N)CC3)CC2)cc1. The molecule has 0 aliphatic heterocycles. The molecule has 0 spiro atoms. The van der Waals surface area contributed by atoms with Gasteiger partial charge in [-0.1, -0.05) is 68.0 Å². The molecule has 0 amide bonds. The number of aryl methyl sites for hydroxylation is 1. The zero-order valence-electron chi connectivity index (χ0n) is 18.8. The molecule has 160 valence electrons. The Morgan fingerprint density at radius 2 is 1.37 bits per heavy atom. The fourth-order valence-electron chi connectivity index (χ4n) is 5.15. The second-order valence-electron chi connectivity index (χ2n) is 9.39. The third-order valence-corrected chi connectivity index (χ3v) is 7.18. The molecule has 0 heterocycles. The zero-order valence-corrected chi connectivity index (χ0v) is 18.8. The summed E-state index contributed by atoms with van der Waals surface area (Å²) in [7, 11) is 0. The fourth-order valence-corrected chi connectivity index (χ4v) is 5.15. The van der Waals surface area contributed by atoms with Gasteiger partial charge in [0.2, 0.25) is 0 Å². The van der Waals surface area contributed by atoms with Crippen LogP contribution in [0.15, 0.2) is 60.7 Å². The first-order valence-electron chi connectivity index (χ1n) is 12.3. The third kappa shape index (κ3) is 7.32. The predicted octanol–water partition coefficient (Wildman–Crippen LogP) is 8.30. The maximum Gasteiger partial charge on any atom is 0.0912 e. The molecule has 3 rings (SSSR count). The average Bonchev–Trinajstić information content (AvgIpc) is 2.81. The van der Waals surface area contributed by atoms with Gasteiger partial charge in [0.15, 0.2) is 0 Å². The summed E-state index contributed by atoms with van der Waals surface area (Å²) >= 11 is 0. The van der Waals surface area contributed by atoms with Gasteiger partial charge < -0.3 is 0 Å². The summed E-state index contributed by atoms with van der Waals surface area (Å²) in [4.78, 5) is 0. The molecule has 2 saturated carbocycles. The van der Waals surface area contributed by atoms with Crippen LogP contribution in [-0.2, 0) is 6.42 Å². The molecule has 0 saturated heterocycles. The minimum absolute atomic E-state index is 0.696. The van der Waals surface area contributed by atoms with Crippen molar-refractivity contribution in [3.8, 4) is 6.07 Å². The lowest BCUT2D eigenvalue weighted by Crippen LogP contribution is -2.14. The fraction of sp³-hybridized carbons (Fsp3) is 0.552. The van der Waals surface area contributed by atoms with Crippen LogP contribution in [0.2, 0.25) is 0 Å². The van der Waals surface area contributed by atoms with Crippen molar-refractivity contribution in [3.05, 3.63) is 71.8 Å². The lowest BCUT2D eigenvalue weighted by atomic mass is 9.77. The Morgan fingerprint density at radius 3 is 1.93 bits per heavy atom. The van der Waals surface area contributed by atoms with Crippen LogP contribution in [-0.4, -0.2) is 0 Å². The predicted molar refractivity (Wildman–Crippen MR) is 128 cm³/mol. The molecule has 1 heteroatoms. The molecule has 1 nitrogen and oxygen atoms in total. The number of rotatable bonds is 8. The zero-order chi connectivity index (χ0) is 21.0. The summed E-state index contributed by atoms with van der Waals surface area (Å²) in [6.07, 6.45) is 27.2. The van der Waals surface area contributed by atoms with Gasteiger partial charge in [-0.15, -0.1) is 0 Å². The van der Waals surface area contributed by atoms with E-state index in [1.54, 1.807) is 11.6 Å². The summed E-state index contributed by atoms with van der Waals surface area (Å²) in [5, 5.41) is 8.53. The molecule has 0 atom stereocenters. The van der Waals surface area contributed by atoms with Crippen LogP contribution in [0, 0.1) is 29.1 Å². The standard InChI is InChI=1S/C29H39N/c1-2-3-7-24-15-19-28(20-16-24)29-21-17-27(18-22-29)14-13-26-11-9-25(10-12-26)8-5-4-6-23-30/h4-6,8,13-16,19-20,25-27,29H,2-3,7,9-12,17-18,21-22H2,1H3/t25-,26-,27-,29-. The molecule has 0 radical (unpaired) electrons. The van der Waals surface area contributed by atoms with Gasteiger partial charge in [-0.2, -0.15) is 5.26 Å². The van der Waals surface area contributed by atoms with Crippen molar-refractivity contribution >= 4 is 0 Å². The molecule has 1 aromatic rings. The van der Waals surface area contributed by atoms with Gasteiger partial charge in [-0.05, 0) is 99.0 Å². The Bertz CT molecular complexity index is 730. The van der Waals surface area contributed by atoms with Crippen LogP contribution in [0.1, 0.15) is 88.2 Å². The van der Waals surface area contributed by atoms with Crippen molar-refractivity contribution in [2.75, 3.05) is 0 Å². The number of unbranched alkanes of at least 4 members (excludes halogenated alkanes) is 1. The summed E-state index contributed by atoms with van der Waals surface area (Å²) in [6, 6.07) is 11.6. The lowest BCUT2D eigenvalue weighted by molar-refractivity contribution is 0.348. The van der Waals surface area contributed by atoms with Crippen molar-refractivity contribution in [1.82, 2.24) is 0 Å². The van der Waals surface area contributed by atoms with Crippen LogP contribution in [0.25, 0.3) is 0 Å². The molecular formula is C29H39N. The van der Waals surface area contributed by atoms with E-state index in [2.05, 4.69) is 49.4 Å². The van der Waals surface area contributed by atoms with E-state index >= 15 is 0 Å². The summed E-state index contributed by atoms with van der Waals surface area (Å²) < 4.78 is 0. The van der Waals surface area contributed by atoms with Gasteiger partial charge in [0.25, 0.3) is 0 Å². The van der Waals surface area contributed by atoms with Crippen molar-refractivity contribution in [1.29, 1.82) is 5.26 Å². The highest BCUT2D eigenvalue weighted by molar-refractivity contribution is 5.26. The van der Waals surface area contributed by atoms with Gasteiger partial charge in [0, 0.05) is 6.08 Å². The second kappa shape index (κ2) is 12.6. The monoisotopic (exact) mass is 401 g/mol. The lowest BCUT2D eigenvalue weighted by Gasteiger charge is -2.28. The second-order valence-corrected chi connectivity index (χ2v) is 9.39. The highest BCUT2D eigenvalue weighted by Crippen LogP contribution is 2.37. The largest absolute Gasteiger partial charge is 0.193 e. The van der Waals surface area contributed by atoms with Crippen LogP contribution in [0.4, 0.5) is 0 Å². The first-order chi connectivity index (χ1) is 14.8. The first kappa shape index (κ1) is 22.6. The number of benzene rings is 1. The molecule has 0 N–H and O–H groups in total. The van der Waals surface area contributed by atoms with Gasteiger partial charge in [-0.25, -0.2) is 0 Å². The molecular weight excluding hydrogens is 362 g/mol. The highest BCUT2D eigenvalue weighted by atomic mass is 14.3. The summed E-state index contributed by atoms with van der Waals surface area (Å²) in [5.41, 5.74) is 3.06. The maximum atomic E-state index is 8.53. The molecule has 0 unspecified atom stereocenters. The minimum atomic E-state index is 0.696. The number of hydrogen-bond acceptors (Lipinski definition) is 1. The molecule has 0 aromatic heterocycles. The van der Waals surface area contributed by atoms with E-state index in [1.165, 1.54) is 76.2 Å². The average molecular weight is 402 g/mol. The number of hydrogen-bond donors (Lipinski definition) is 0.